The van der Waals surface area contributed by atoms with E-state index >= 15 is 0 Å². The van der Waals surface area contributed by atoms with Crippen molar-refractivity contribution in [3.63, 3.8) is 0 Å². The van der Waals surface area contributed by atoms with Crippen LogP contribution in [0.4, 0.5) is 0 Å². The molecule has 0 aliphatic heterocycles. The van der Waals surface area contributed by atoms with Crippen molar-refractivity contribution in [1.82, 2.24) is 0 Å². The van der Waals surface area contributed by atoms with Gasteiger partial charge in [0.2, 0.25) is 0 Å². The van der Waals surface area contributed by atoms with Gasteiger partial charge in [-0.1, -0.05) is 60.7 Å². The van der Waals surface area contributed by atoms with Crippen LogP contribution in [0.5, 0.6) is 0 Å². The van der Waals surface area contributed by atoms with Gasteiger partial charge in [0.1, 0.15) is 13.2 Å². The third kappa shape index (κ3) is 4.79. The minimum atomic E-state index is -0.876. The van der Waals surface area contributed by atoms with Gasteiger partial charge in [0.05, 0.1) is 11.1 Å². The largest absolute Gasteiger partial charge is 0.453 e. The quantitative estimate of drug-likeness (QED) is 0.139. The van der Waals surface area contributed by atoms with E-state index in [0.717, 1.165) is 21.5 Å². The molecule has 4 aromatic rings. The van der Waals surface area contributed by atoms with E-state index in [2.05, 4.69) is 9.58 Å². The van der Waals surface area contributed by atoms with E-state index in [4.69, 9.17) is 9.47 Å². The van der Waals surface area contributed by atoms with E-state index in [-0.39, 0.29) is 24.6 Å². The summed E-state index contributed by atoms with van der Waals surface area (Å²) < 4.78 is 10.2. The maximum atomic E-state index is 12.4. The van der Waals surface area contributed by atoms with Crippen LogP contribution in [0.2, 0.25) is 0 Å². The molecule has 0 saturated carbocycles. The Morgan fingerprint density at radius 2 is 0.971 bits per heavy atom. The Balaban J connectivity index is 1.35. The first-order valence-electron chi connectivity index (χ1n) is 10.4. The number of fused-ring (bicyclic) bond motifs is 2. The average Bonchev–Trinajstić information content (AvgIpc) is 2.87. The fourth-order valence-corrected chi connectivity index (χ4v) is 3.51. The first kappa shape index (κ1) is 22.3. The van der Waals surface area contributed by atoms with Gasteiger partial charge in [0.25, 0.3) is 0 Å². The number of carbonyl (C=O) groups excluding carboxylic acids is 2. The molecule has 0 heterocycles. The lowest BCUT2D eigenvalue weighted by Crippen LogP contribution is -2.25. The van der Waals surface area contributed by atoms with Crippen molar-refractivity contribution in [2.24, 2.45) is 0 Å². The lowest BCUT2D eigenvalue weighted by atomic mass is 10.0. The predicted octanol–water partition coefficient (Wildman–Crippen LogP) is 3.82. The number of hydrogen-bond acceptors (Lipinski definition) is 4. The van der Waals surface area contributed by atoms with Gasteiger partial charge in [0.15, 0.2) is 0 Å². The normalized spacial score (nSPS) is 10.2. The average molecular weight is 450 g/mol. The van der Waals surface area contributed by atoms with Gasteiger partial charge in [-0.25, -0.2) is 9.59 Å². The number of carbonyl (C=O) groups is 2. The molecule has 0 unspecified atom stereocenters. The molecule has 8 nitrogen and oxygen atoms in total. The van der Waals surface area contributed by atoms with E-state index in [0.29, 0.717) is 11.1 Å². The molecule has 0 radical (unpaired) electrons. The van der Waals surface area contributed by atoms with Crippen molar-refractivity contribution in [2.45, 2.75) is 0 Å². The van der Waals surface area contributed by atoms with Crippen LogP contribution >= 0.6 is 0 Å². The minimum Gasteiger partial charge on any atom is -0.453 e. The van der Waals surface area contributed by atoms with Crippen LogP contribution in [0.15, 0.2) is 84.9 Å². The van der Waals surface area contributed by atoms with Crippen molar-refractivity contribution in [2.75, 3.05) is 13.2 Å². The molecule has 0 aliphatic rings. The van der Waals surface area contributed by atoms with Crippen molar-refractivity contribution in [3.05, 3.63) is 107 Å². The molecule has 0 atom stereocenters. The summed E-state index contributed by atoms with van der Waals surface area (Å²) in [7, 11) is 0. The molecule has 0 aliphatic carbocycles. The molecule has 4 rings (SSSR count). The van der Waals surface area contributed by atoms with Gasteiger partial charge >= 0.3 is 23.4 Å². The van der Waals surface area contributed by atoms with Gasteiger partial charge in [-0.05, 0) is 45.8 Å². The molecule has 0 N–H and O–H groups in total. The van der Waals surface area contributed by atoms with Crippen LogP contribution in [0.25, 0.3) is 32.6 Å². The summed E-state index contributed by atoms with van der Waals surface area (Å²) in [5.41, 5.74) is 18.9. The predicted molar refractivity (Wildman–Crippen MR) is 125 cm³/mol. The van der Waals surface area contributed by atoms with Crippen molar-refractivity contribution >= 4 is 44.9 Å². The lowest BCUT2D eigenvalue weighted by Gasteiger charge is -2.04. The number of rotatable bonds is 7. The topological polar surface area (TPSA) is 125 Å². The first-order valence-corrected chi connectivity index (χ1v) is 10.4. The molecular weight excluding hydrogens is 432 g/mol. The number of nitrogens with zero attached hydrogens (tertiary/aromatic N) is 4. The molecule has 0 aromatic heterocycles. The summed E-state index contributed by atoms with van der Waals surface area (Å²) >= 11 is 0. The molecular formula is C26H18N4O4. The Morgan fingerprint density at radius 3 is 1.35 bits per heavy atom. The molecule has 4 aromatic carbocycles. The smallest absolute Gasteiger partial charge is 0.422 e. The zero-order chi connectivity index (χ0) is 23.9. The van der Waals surface area contributed by atoms with E-state index < -0.39 is 11.9 Å². The number of hydrogen-bond donors (Lipinski definition) is 0. The van der Waals surface area contributed by atoms with Crippen molar-refractivity contribution < 1.29 is 28.6 Å². The number of esters is 2. The van der Waals surface area contributed by atoms with E-state index in [9.17, 15) is 20.7 Å². The van der Waals surface area contributed by atoms with Crippen molar-refractivity contribution in [1.29, 1.82) is 0 Å². The van der Waals surface area contributed by atoms with Crippen LogP contribution in [0, 0.1) is 0 Å². The van der Waals surface area contributed by atoms with Gasteiger partial charge < -0.3 is 20.5 Å². The maximum absolute atomic E-state index is 12.4. The summed E-state index contributed by atoms with van der Waals surface area (Å²) in [6, 6.07) is 25.4. The molecule has 0 saturated heterocycles. The standard InChI is InChI=1S/C26H18N4O4/c27-29-23(21-11-9-17-5-1-3-7-19(17)15-21)25(31)33-13-14-34-26(32)24(30-28)22-12-10-18-6-2-4-8-20(18)16-22/h1-12,15-16H,13-14H2. The molecule has 0 spiro atoms. The third-order valence-corrected chi connectivity index (χ3v) is 5.18. The second kappa shape index (κ2) is 10.1. The summed E-state index contributed by atoms with van der Waals surface area (Å²) in [4.78, 5) is 30.9. The molecule has 8 heteroatoms. The van der Waals surface area contributed by atoms with Gasteiger partial charge in [-0.15, -0.1) is 0 Å². The molecule has 166 valence electrons. The van der Waals surface area contributed by atoms with Gasteiger partial charge in [0, 0.05) is 0 Å². The van der Waals surface area contributed by atoms with Crippen molar-refractivity contribution in [3.8, 4) is 0 Å². The van der Waals surface area contributed by atoms with Crippen LogP contribution in [0.1, 0.15) is 11.1 Å². The fourth-order valence-electron chi connectivity index (χ4n) is 3.51. The second-order valence-corrected chi connectivity index (χ2v) is 7.29. The summed E-state index contributed by atoms with van der Waals surface area (Å²) in [5.74, 6) is -1.75. The second-order valence-electron chi connectivity index (χ2n) is 7.29. The Bertz CT molecular complexity index is 1400. The fraction of sp³-hybridized carbons (Fsp3) is 0.0769. The minimum absolute atomic E-state index is 0.272. The highest BCUT2D eigenvalue weighted by Crippen LogP contribution is 2.17. The molecule has 34 heavy (non-hydrogen) atoms. The lowest BCUT2D eigenvalue weighted by molar-refractivity contribution is -0.147. The molecule has 0 bridgehead atoms. The summed E-state index contributed by atoms with van der Waals surface area (Å²) in [5, 5.41) is 3.67. The monoisotopic (exact) mass is 450 g/mol. The molecule has 0 fully saturated rings. The summed E-state index contributed by atoms with van der Waals surface area (Å²) in [6.45, 7) is -0.568. The van der Waals surface area contributed by atoms with Crippen LogP contribution in [-0.2, 0) is 19.1 Å². The Morgan fingerprint density at radius 1 is 0.588 bits per heavy atom. The third-order valence-electron chi connectivity index (χ3n) is 5.18. The highest BCUT2D eigenvalue weighted by Gasteiger charge is 2.27. The van der Waals surface area contributed by atoms with E-state index in [1.165, 1.54) is 0 Å². The van der Waals surface area contributed by atoms with Crippen LogP contribution < -0.4 is 0 Å². The van der Waals surface area contributed by atoms with E-state index in [1.54, 1.807) is 36.4 Å². The number of benzene rings is 4. The summed E-state index contributed by atoms with van der Waals surface area (Å²) in [6.07, 6.45) is 0. The van der Waals surface area contributed by atoms with Gasteiger partial charge in [-0.3, -0.25) is 0 Å². The van der Waals surface area contributed by atoms with Gasteiger partial charge in [-0.2, -0.15) is 9.58 Å². The Labute approximate surface area is 194 Å². The highest BCUT2D eigenvalue weighted by molar-refractivity contribution is 6.41. The molecule has 0 amide bonds. The Hall–Kier alpha value is -4.90. The highest BCUT2D eigenvalue weighted by atomic mass is 16.6. The Kier molecular flexibility index (Phi) is 6.65. The van der Waals surface area contributed by atoms with Crippen LogP contribution in [0.3, 0.4) is 0 Å². The maximum Gasteiger partial charge on any atom is 0.422 e. The zero-order valence-corrected chi connectivity index (χ0v) is 17.9. The van der Waals surface area contributed by atoms with Crippen LogP contribution in [-0.4, -0.2) is 46.2 Å². The zero-order valence-electron chi connectivity index (χ0n) is 17.9. The SMILES string of the molecule is [N-]=[N+]=C(C(=O)OCCOC(=O)C(=[N+]=[N-])c1ccc2ccccc2c1)c1ccc2ccccc2c1. The first-order chi connectivity index (χ1) is 16.6. The number of ether oxygens (including phenoxy) is 2. The van der Waals surface area contributed by atoms with E-state index in [1.807, 2.05) is 48.5 Å².